The molecule has 0 aromatic heterocycles. The van der Waals surface area contributed by atoms with E-state index in [1.807, 2.05) is 31.2 Å². The van der Waals surface area contributed by atoms with Gasteiger partial charge >= 0.3 is 0 Å². The minimum absolute atomic E-state index is 0.0351. The van der Waals surface area contributed by atoms with Gasteiger partial charge < -0.3 is 14.8 Å². The molecule has 0 radical (unpaired) electrons. The number of rotatable bonds is 12. The third-order valence-corrected chi connectivity index (χ3v) is 5.35. The maximum absolute atomic E-state index is 12.6. The summed E-state index contributed by atoms with van der Waals surface area (Å²) in [4.78, 5) is 12.6. The molecule has 2 aromatic rings. The molecule has 0 heterocycles. The monoisotopic (exact) mass is 454 g/mol. The van der Waals surface area contributed by atoms with Crippen LogP contribution in [0.3, 0.4) is 0 Å². The molecule has 0 bridgehead atoms. The fourth-order valence-corrected chi connectivity index (χ4v) is 3.51. The zero-order chi connectivity index (χ0) is 23.3. The number of halogens is 1. The van der Waals surface area contributed by atoms with Crippen molar-refractivity contribution in [3.05, 3.63) is 58.1 Å². The molecule has 0 spiro atoms. The maximum atomic E-state index is 12.6. The Hall–Kier alpha value is -2.97. The Balaban J connectivity index is 2.09. The van der Waals surface area contributed by atoms with Gasteiger partial charge in [-0.15, -0.1) is 0 Å². The van der Waals surface area contributed by atoms with Crippen molar-refractivity contribution >= 4 is 29.3 Å². The molecule has 6 heteroatoms. The zero-order valence-corrected chi connectivity index (χ0v) is 19.8. The third-order valence-electron chi connectivity index (χ3n) is 5.07. The average molecular weight is 455 g/mol. The van der Waals surface area contributed by atoms with E-state index in [2.05, 4.69) is 12.2 Å². The molecule has 0 fully saturated rings. The van der Waals surface area contributed by atoms with Crippen LogP contribution < -0.4 is 14.8 Å². The maximum Gasteiger partial charge on any atom is 0.266 e. The first-order valence-electron chi connectivity index (χ1n) is 11.0. The number of amides is 1. The minimum atomic E-state index is -0.486. The van der Waals surface area contributed by atoms with Crippen LogP contribution in [0.4, 0.5) is 5.69 Å². The Bertz CT molecular complexity index is 980. The number of para-hydroxylation sites is 1. The summed E-state index contributed by atoms with van der Waals surface area (Å²) in [6, 6.07) is 12.7. The lowest BCUT2D eigenvalue weighted by Crippen LogP contribution is -2.14. The number of unbranched alkanes of at least 4 members (excludes halogenated alkanes) is 5. The lowest BCUT2D eigenvalue weighted by atomic mass is 10.1. The first-order chi connectivity index (χ1) is 15.5. The smallest absolute Gasteiger partial charge is 0.266 e. The number of carbonyl (C=O) groups excluding carboxylic acids is 1. The quantitative estimate of drug-likeness (QED) is 0.214. The number of hydrogen-bond acceptors (Lipinski definition) is 4. The van der Waals surface area contributed by atoms with Crippen LogP contribution in [0, 0.1) is 18.3 Å². The van der Waals surface area contributed by atoms with Crippen LogP contribution in [0.1, 0.15) is 56.6 Å². The van der Waals surface area contributed by atoms with Crippen LogP contribution in [-0.4, -0.2) is 19.6 Å². The van der Waals surface area contributed by atoms with Gasteiger partial charge in [0.05, 0.1) is 18.7 Å². The standard InChI is InChI=1S/C26H31ClN2O3/c1-4-5-6-7-8-11-14-32-25-22(27)16-20(17-24(25)31-3)15-21(18-28)26(30)29-23-13-10-9-12-19(23)2/h9-10,12-13,15-17H,4-8,11,14H2,1-3H3,(H,29,30). The molecule has 2 aromatic carbocycles. The number of nitriles is 1. The van der Waals surface area contributed by atoms with Gasteiger partial charge in [0.15, 0.2) is 11.5 Å². The first kappa shape index (κ1) is 25.3. The van der Waals surface area contributed by atoms with Crippen LogP contribution in [0.15, 0.2) is 42.0 Å². The van der Waals surface area contributed by atoms with E-state index in [0.717, 1.165) is 18.4 Å². The topological polar surface area (TPSA) is 71.3 Å². The van der Waals surface area contributed by atoms with E-state index in [1.165, 1.54) is 38.9 Å². The van der Waals surface area contributed by atoms with Crippen LogP contribution in [-0.2, 0) is 4.79 Å². The lowest BCUT2D eigenvalue weighted by molar-refractivity contribution is -0.112. The van der Waals surface area contributed by atoms with Gasteiger partial charge in [-0.3, -0.25) is 4.79 Å². The summed E-state index contributed by atoms with van der Waals surface area (Å²) >= 11 is 6.43. The predicted octanol–water partition coefficient (Wildman–Crippen LogP) is 6.94. The van der Waals surface area contributed by atoms with E-state index in [9.17, 15) is 10.1 Å². The summed E-state index contributed by atoms with van der Waals surface area (Å²) in [5.74, 6) is 0.453. The molecule has 0 atom stereocenters. The van der Waals surface area contributed by atoms with E-state index in [-0.39, 0.29) is 5.57 Å². The number of ether oxygens (including phenoxy) is 2. The van der Waals surface area contributed by atoms with Crippen LogP contribution in [0.5, 0.6) is 11.5 Å². The lowest BCUT2D eigenvalue weighted by Gasteiger charge is -2.13. The predicted molar refractivity (Wildman–Crippen MR) is 130 cm³/mol. The summed E-state index contributed by atoms with van der Waals surface area (Å²) in [7, 11) is 1.53. The summed E-state index contributed by atoms with van der Waals surface area (Å²) in [5, 5.41) is 12.7. The SMILES string of the molecule is CCCCCCCCOc1c(Cl)cc(C=C(C#N)C(=O)Nc2ccccc2C)cc1OC. The number of anilines is 1. The molecule has 170 valence electrons. The number of benzene rings is 2. The molecular weight excluding hydrogens is 424 g/mol. The minimum Gasteiger partial charge on any atom is -0.493 e. The third kappa shape index (κ3) is 7.62. The Morgan fingerprint density at radius 3 is 2.56 bits per heavy atom. The highest BCUT2D eigenvalue weighted by atomic mass is 35.5. The zero-order valence-electron chi connectivity index (χ0n) is 19.0. The van der Waals surface area contributed by atoms with Crippen molar-refractivity contribution in [2.45, 2.75) is 52.4 Å². The van der Waals surface area contributed by atoms with E-state index in [4.69, 9.17) is 21.1 Å². The number of carbonyl (C=O) groups is 1. The van der Waals surface area contributed by atoms with Gasteiger partial charge in [-0.1, -0.05) is 68.8 Å². The van der Waals surface area contributed by atoms with Crippen molar-refractivity contribution in [1.82, 2.24) is 0 Å². The molecule has 0 unspecified atom stereocenters. The van der Waals surface area contributed by atoms with Gasteiger partial charge in [-0.25, -0.2) is 0 Å². The molecule has 1 N–H and O–H groups in total. The van der Waals surface area contributed by atoms with Crippen LogP contribution in [0.2, 0.25) is 5.02 Å². The highest BCUT2D eigenvalue weighted by Gasteiger charge is 2.15. The van der Waals surface area contributed by atoms with Crippen LogP contribution in [0.25, 0.3) is 6.08 Å². The molecule has 0 aliphatic rings. The molecular formula is C26H31ClN2O3. The molecule has 0 saturated carbocycles. The molecule has 32 heavy (non-hydrogen) atoms. The summed E-state index contributed by atoms with van der Waals surface area (Å²) in [5.41, 5.74) is 2.12. The van der Waals surface area contributed by atoms with E-state index in [1.54, 1.807) is 18.2 Å². The van der Waals surface area contributed by atoms with Gasteiger partial charge in [0, 0.05) is 5.69 Å². The van der Waals surface area contributed by atoms with Crippen molar-refractivity contribution in [1.29, 1.82) is 5.26 Å². The van der Waals surface area contributed by atoms with E-state index in [0.29, 0.717) is 34.4 Å². The molecule has 0 saturated heterocycles. The van der Waals surface area contributed by atoms with Crippen molar-refractivity contribution in [3.8, 4) is 17.6 Å². The molecule has 1 amide bonds. The highest BCUT2D eigenvalue weighted by Crippen LogP contribution is 2.37. The molecule has 2 rings (SSSR count). The van der Waals surface area contributed by atoms with Gasteiger partial charge in [0.2, 0.25) is 0 Å². The Morgan fingerprint density at radius 2 is 1.88 bits per heavy atom. The number of aryl methyl sites for hydroxylation is 1. The van der Waals surface area contributed by atoms with Crippen molar-refractivity contribution in [2.75, 3.05) is 19.0 Å². The molecule has 5 nitrogen and oxygen atoms in total. The molecule has 0 aliphatic heterocycles. The fraction of sp³-hybridized carbons (Fsp3) is 0.385. The fourth-order valence-electron chi connectivity index (χ4n) is 3.24. The summed E-state index contributed by atoms with van der Waals surface area (Å²) in [6.45, 7) is 4.64. The van der Waals surface area contributed by atoms with Crippen molar-refractivity contribution in [2.24, 2.45) is 0 Å². The van der Waals surface area contributed by atoms with Crippen molar-refractivity contribution < 1.29 is 14.3 Å². The van der Waals surface area contributed by atoms with Crippen molar-refractivity contribution in [3.63, 3.8) is 0 Å². The number of methoxy groups -OCH3 is 1. The average Bonchev–Trinajstić information content (AvgIpc) is 2.79. The second kappa shape index (κ2) is 13.4. The van der Waals surface area contributed by atoms with E-state index >= 15 is 0 Å². The number of nitrogens with one attached hydrogen (secondary N) is 1. The second-order valence-corrected chi connectivity index (χ2v) is 8.00. The number of hydrogen-bond donors (Lipinski definition) is 1. The van der Waals surface area contributed by atoms with E-state index < -0.39 is 5.91 Å². The first-order valence-corrected chi connectivity index (χ1v) is 11.4. The Morgan fingerprint density at radius 1 is 1.16 bits per heavy atom. The van der Waals surface area contributed by atoms with Crippen LogP contribution >= 0.6 is 11.6 Å². The number of nitrogens with zero attached hydrogens (tertiary/aromatic N) is 1. The summed E-state index contributed by atoms with van der Waals surface area (Å²) < 4.78 is 11.3. The largest absolute Gasteiger partial charge is 0.493 e. The highest BCUT2D eigenvalue weighted by molar-refractivity contribution is 6.32. The normalized spacial score (nSPS) is 11.0. The van der Waals surface area contributed by atoms with Gasteiger partial charge in [-0.05, 0) is 48.7 Å². The van der Waals surface area contributed by atoms with Gasteiger partial charge in [-0.2, -0.15) is 5.26 Å². The van der Waals surface area contributed by atoms with Gasteiger partial charge in [0.25, 0.3) is 5.91 Å². The Labute approximate surface area is 196 Å². The second-order valence-electron chi connectivity index (χ2n) is 7.59. The molecule has 0 aliphatic carbocycles. The Kier molecular flexibility index (Phi) is 10.6. The van der Waals surface area contributed by atoms with Gasteiger partial charge in [0.1, 0.15) is 11.6 Å². The summed E-state index contributed by atoms with van der Waals surface area (Å²) in [6.07, 6.45) is 8.49.